The lowest BCUT2D eigenvalue weighted by molar-refractivity contribution is -0.117. The van der Waals surface area contributed by atoms with Gasteiger partial charge in [-0.05, 0) is 62.7 Å². The number of anilines is 2. The van der Waals surface area contributed by atoms with Crippen LogP contribution in [0.4, 0.5) is 11.5 Å². The second-order valence-electron chi connectivity index (χ2n) is 9.40. The number of aromatic nitrogens is 2. The number of carbonyl (C=O) groups excluding carboxylic acids is 2. The predicted octanol–water partition coefficient (Wildman–Crippen LogP) is 5.14. The molecule has 0 aliphatic heterocycles. The number of hydrogen-bond donors (Lipinski definition) is 3. The van der Waals surface area contributed by atoms with E-state index in [0.717, 1.165) is 28.1 Å². The van der Waals surface area contributed by atoms with Crippen molar-refractivity contribution in [3.8, 4) is 11.1 Å². The first kappa shape index (κ1) is 24.4. The Balaban J connectivity index is 1.37. The van der Waals surface area contributed by atoms with Gasteiger partial charge in [0.1, 0.15) is 0 Å². The van der Waals surface area contributed by atoms with E-state index >= 15 is 0 Å². The fourth-order valence-electron chi connectivity index (χ4n) is 4.00. The smallest absolute Gasteiger partial charge is 0.248 e. The number of H-pyrrole nitrogens is 1. The highest BCUT2D eigenvalue weighted by Gasteiger charge is 2.23. The zero-order chi connectivity index (χ0) is 24.8. The van der Waals surface area contributed by atoms with Crippen molar-refractivity contribution < 1.29 is 9.59 Å². The van der Waals surface area contributed by atoms with Crippen LogP contribution in [0.25, 0.3) is 11.1 Å². The van der Waals surface area contributed by atoms with Crippen LogP contribution in [-0.2, 0) is 9.59 Å². The minimum atomic E-state index is -0.327. The average Bonchev–Trinajstić information content (AvgIpc) is 3.25. The minimum Gasteiger partial charge on any atom is -0.323 e. The van der Waals surface area contributed by atoms with Gasteiger partial charge >= 0.3 is 0 Å². The van der Waals surface area contributed by atoms with E-state index in [9.17, 15) is 9.59 Å². The summed E-state index contributed by atoms with van der Waals surface area (Å²) in [6.07, 6.45) is 6.98. The molecule has 1 fully saturated rings. The van der Waals surface area contributed by atoms with Gasteiger partial charge in [0.2, 0.25) is 11.8 Å². The van der Waals surface area contributed by atoms with E-state index in [1.807, 2.05) is 86.6 Å². The van der Waals surface area contributed by atoms with Gasteiger partial charge in [0.25, 0.3) is 0 Å². The molecule has 4 rings (SSSR count). The maximum absolute atomic E-state index is 12.9. The van der Waals surface area contributed by atoms with Crippen molar-refractivity contribution in [3.63, 3.8) is 0 Å². The van der Waals surface area contributed by atoms with Crippen LogP contribution in [-0.4, -0.2) is 47.6 Å². The number of amides is 2. The molecule has 3 aromatic rings. The normalized spacial score (nSPS) is 14.6. The Morgan fingerprint density at radius 1 is 1.09 bits per heavy atom. The molecule has 0 spiro atoms. The first-order valence-corrected chi connectivity index (χ1v) is 12.1. The highest BCUT2D eigenvalue weighted by molar-refractivity contribution is 5.99. The van der Waals surface area contributed by atoms with Crippen LogP contribution in [0.2, 0.25) is 0 Å². The van der Waals surface area contributed by atoms with Gasteiger partial charge in [0.05, 0.1) is 5.92 Å². The van der Waals surface area contributed by atoms with Gasteiger partial charge in [0.15, 0.2) is 5.82 Å². The number of benzene rings is 2. The lowest BCUT2D eigenvalue weighted by atomic mass is 9.83. The third-order valence-electron chi connectivity index (χ3n) is 6.40. The number of likely N-dealkylation sites (N-methyl/N-ethyl adjacent to an activating group) is 1. The van der Waals surface area contributed by atoms with E-state index in [4.69, 9.17) is 0 Å². The summed E-state index contributed by atoms with van der Waals surface area (Å²) in [6, 6.07) is 17.6. The lowest BCUT2D eigenvalue weighted by Gasteiger charge is -2.23. The highest BCUT2D eigenvalue weighted by Crippen LogP contribution is 2.36. The van der Waals surface area contributed by atoms with E-state index in [0.29, 0.717) is 18.3 Å². The number of nitrogens with one attached hydrogen (secondary N) is 3. The minimum absolute atomic E-state index is 0.0887. The first-order valence-electron chi connectivity index (χ1n) is 12.1. The molecule has 1 aliphatic carbocycles. The summed E-state index contributed by atoms with van der Waals surface area (Å²) in [5, 5.41) is 13.1. The maximum Gasteiger partial charge on any atom is 0.248 e. The van der Waals surface area contributed by atoms with E-state index in [2.05, 4.69) is 20.8 Å². The molecule has 0 radical (unpaired) electrons. The zero-order valence-electron chi connectivity index (χ0n) is 20.5. The van der Waals surface area contributed by atoms with Crippen molar-refractivity contribution in [2.75, 3.05) is 31.3 Å². The van der Waals surface area contributed by atoms with Crippen LogP contribution in [0.1, 0.15) is 49.3 Å². The van der Waals surface area contributed by atoms with Crippen molar-refractivity contribution in [1.29, 1.82) is 0 Å². The monoisotopic (exact) mass is 471 g/mol. The number of nitrogens with zero attached hydrogens (tertiary/aromatic N) is 2. The topological polar surface area (TPSA) is 90.1 Å². The number of aromatic amines is 1. The average molecular weight is 472 g/mol. The van der Waals surface area contributed by atoms with E-state index < -0.39 is 0 Å². The van der Waals surface area contributed by atoms with Gasteiger partial charge in [-0.25, -0.2) is 0 Å². The Labute approximate surface area is 206 Å². The van der Waals surface area contributed by atoms with Crippen molar-refractivity contribution in [3.05, 3.63) is 78.0 Å². The number of carbonyl (C=O) groups is 2. The van der Waals surface area contributed by atoms with Crippen LogP contribution in [0.3, 0.4) is 0 Å². The van der Waals surface area contributed by atoms with Crippen LogP contribution in [0, 0.1) is 0 Å². The summed E-state index contributed by atoms with van der Waals surface area (Å²) in [5.74, 6) is 0.550. The molecule has 1 atom stereocenters. The largest absolute Gasteiger partial charge is 0.323 e. The second-order valence-corrected chi connectivity index (χ2v) is 9.40. The summed E-state index contributed by atoms with van der Waals surface area (Å²) in [5.41, 5.74) is 4.79. The molecule has 1 aliphatic rings. The molecule has 0 bridgehead atoms. The Hall–Kier alpha value is -3.71. The van der Waals surface area contributed by atoms with Crippen molar-refractivity contribution >= 4 is 23.3 Å². The second kappa shape index (κ2) is 11.1. The van der Waals surface area contributed by atoms with Crippen LogP contribution in [0.15, 0.2) is 66.7 Å². The Morgan fingerprint density at radius 3 is 2.54 bits per heavy atom. The molecule has 1 saturated carbocycles. The molecule has 1 unspecified atom stereocenters. The molecular weight excluding hydrogens is 438 g/mol. The number of rotatable bonds is 9. The van der Waals surface area contributed by atoms with Gasteiger partial charge in [-0.2, -0.15) is 5.10 Å². The molecule has 7 nitrogen and oxygen atoms in total. The Kier molecular flexibility index (Phi) is 7.77. The molecule has 182 valence electrons. The van der Waals surface area contributed by atoms with Crippen LogP contribution >= 0.6 is 0 Å². The Bertz CT molecular complexity index is 1190. The first-order chi connectivity index (χ1) is 16.9. The fourth-order valence-corrected chi connectivity index (χ4v) is 4.00. The summed E-state index contributed by atoms with van der Waals surface area (Å²) < 4.78 is 0. The van der Waals surface area contributed by atoms with Gasteiger partial charge in [-0.3, -0.25) is 14.7 Å². The van der Waals surface area contributed by atoms with E-state index in [-0.39, 0.29) is 17.7 Å². The molecule has 2 aromatic carbocycles. The van der Waals surface area contributed by atoms with Crippen molar-refractivity contribution in [2.45, 2.75) is 38.0 Å². The summed E-state index contributed by atoms with van der Waals surface area (Å²) in [6.45, 7) is 2.61. The van der Waals surface area contributed by atoms with Gasteiger partial charge in [-0.15, -0.1) is 0 Å². The Morgan fingerprint density at radius 2 is 1.86 bits per heavy atom. The third-order valence-corrected chi connectivity index (χ3v) is 6.40. The quantitative estimate of drug-likeness (QED) is 0.377. The summed E-state index contributed by atoms with van der Waals surface area (Å²) in [4.78, 5) is 26.9. The zero-order valence-corrected chi connectivity index (χ0v) is 20.5. The fraction of sp³-hybridized carbons (Fsp3) is 0.321. The molecule has 7 heteroatoms. The lowest BCUT2D eigenvalue weighted by Crippen LogP contribution is -2.19. The van der Waals surface area contributed by atoms with E-state index in [1.165, 1.54) is 19.3 Å². The third kappa shape index (κ3) is 6.45. The van der Waals surface area contributed by atoms with Crippen molar-refractivity contribution in [1.82, 2.24) is 15.1 Å². The van der Waals surface area contributed by atoms with Gasteiger partial charge < -0.3 is 15.5 Å². The molecule has 0 saturated heterocycles. The molecule has 2 amide bonds. The molecule has 1 aromatic heterocycles. The van der Waals surface area contributed by atoms with E-state index in [1.54, 1.807) is 6.08 Å². The van der Waals surface area contributed by atoms with Crippen LogP contribution < -0.4 is 10.6 Å². The van der Waals surface area contributed by atoms with Gasteiger partial charge in [0, 0.05) is 36.0 Å². The molecule has 3 N–H and O–H groups in total. The standard InChI is InChI=1S/C28H33N5O2/c1-19(28(35)30-26-18-25(31-32-26)21-7-4-8-21)22-9-5-10-23(17-22)20-12-14-24(15-13-20)29-27(34)11-6-16-33(2)3/h5-6,9-15,17-19,21H,4,7-8,16H2,1-3H3,(H,29,34)(H2,30,31,32,35)/b11-6+. The molecular formula is C28H33N5O2. The van der Waals surface area contributed by atoms with Gasteiger partial charge in [-0.1, -0.05) is 48.9 Å². The predicted molar refractivity (Wildman–Crippen MR) is 140 cm³/mol. The molecule has 1 heterocycles. The summed E-state index contributed by atoms with van der Waals surface area (Å²) in [7, 11) is 3.90. The number of hydrogen-bond acceptors (Lipinski definition) is 4. The maximum atomic E-state index is 12.9. The highest BCUT2D eigenvalue weighted by atomic mass is 16.2. The summed E-state index contributed by atoms with van der Waals surface area (Å²) >= 11 is 0. The molecule has 35 heavy (non-hydrogen) atoms. The van der Waals surface area contributed by atoms with Crippen LogP contribution in [0.5, 0.6) is 0 Å². The SMILES string of the molecule is CC(C(=O)Nc1cc(C2CCC2)[nH]n1)c1cccc(-c2ccc(NC(=O)/C=C/CN(C)C)cc2)c1. The van der Waals surface area contributed by atoms with Crippen molar-refractivity contribution in [2.24, 2.45) is 0 Å².